The Bertz CT molecular complexity index is 840. The van der Waals surface area contributed by atoms with Gasteiger partial charge in [-0.15, -0.1) is 11.3 Å². The number of ether oxygens (including phenoxy) is 3. The fourth-order valence-corrected chi connectivity index (χ4v) is 3.35. The standard InChI is InChI=1S/C18H23F3N4O3S/c1-22-17(23-8-7-14-25-13(10-29-14)18(19,20)21)24-9-11-5-6-12(26-2)16(28-4)15(11)27-3/h5-6,10H,7-9H2,1-4H3,(H2,22,23,24). The van der Waals surface area contributed by atoms with Gasteiger partial charge in [0.1, 0.15) is 0 Å². The van der Waals surface area contributed by atoms with Crippen molar-refractivity contribution in [2.24, 2.45) is 4.99 Å². The average molecular weight is 432 g/mol. The van der Waals surface area contributed by atoms with E-state index in [0.29, 0.717) is 47.7 Å². The highest BCUT2D eigenvalue weighted by molar-refractivity contribution is 7.09. The molecular weight excluding hydrogens is 409 g/mol. The maximum Gasteiger partial charge on any atom is 0.434 e. The van der Waals surface area contributed by atoms with Crippen molar-refractivity contribution < 1.29 is 27.4 Å². The Labute approximate surface area is 170 Å². The topological polar surface area (TPSA) is 77.0 Å². The molecule has 2 N–H and O–H groups in total. The van der Waals surface area contributed by atoms with Crippen LogP contribution in [0.1, 0.15) is 16.3 Å². The molecule has 160 valence electrons. The fraction of sp³-hybridized carbons (Fsp3) is 0.444. The highest BCUT2D eigenvalue weighted by atomic mass is 32.1. The lowest BCUT2D eigenvalue weighted by Gasteiger charge is -2.17. The van der Waals surface area contributed by atoms with Crippen molar-refractivity contribution >= 4 is 17.3 Å². The number of alkyl halides is 3. The molecule has 1 aromatic heterocycles. The van der Waals surface area contributed by atoms with Crippen LogP contribution >= 0.6 is 11.3 Å². The first kappa shape index (κ1) is 22.6. The van der Waals surface area contributed by atoms with Crippen molar-refractivity contribution in [3.8, 4) is 17.2 Å². The Balaban J connectivity index is 1.93. The Hall–Kier alpha value is -2.69. The van der Waals surface area contributed by atoms with Gasteiger partial charge in [-0.1, -0.05) is 0 Å². The minimum absolute atomic E-state index is 0.348. The molecule has 7 nitrogen and oxygen atoms in total. The highest BCUT2D eigenvalue weighted by Gasteiger charge is 2.33. The van der Waals surface area contributed by atoms with E-state index in [2.05, 4.69) is 20.6 Å². The van der Waals surface area contributed by atoms with E-state index in [0.717, 1.165) is 22.3 Å². The first-order chi connectivity index (χ1) is 13.8. The lowest BCUT2D eigenvalue weighted by atomic mass is 10.1. The van der Waals surface area contributed by atoms with Gasteiger partial charge in [0.2, 0.25) is 5.75 Å². The summed E-state index contributed by atoms with van der Waals surface area (Å²) in [4.78, 5) is 7.72. The zero-order chi connectivity index (χ0) is 21.4. The Morgan fingerprint density at radius 2 is 1.83 bits per heavy atom. The Morgan fingerprint density at radius 1 is 1.10 bits per heavy atom. The third-order valence-corrected chi connectivity index (χ3v) is 4.84. The molecular formula is C18H23F3N4O3S. The van der Waals surface area contributed by atoms with Crippen LogP contribution in [0.5, 0.6) is 17.2 Å². The van der Waals surface area contributed by atoms with Gasteiger partial charge in [0.05, 0.1) is 26.3 Å². The number of hydrogen-bond donors (Lipinski definition) is 2. The summed E-state index contributed by atoms with van der Waals surface area (Å²) in [6.45, 7) is 0.770. The summed E-state index contributed by atoms with van der Waals surface area (Å²) >= 11 is 0.985. The zero-order valence-electron chi connectivity index (χ0n) is 16.5. The van der Waals surface area contributed by atoms with E-state index in [1.165, 1.54) is 14.2 Å². The number of halogens is 3. The van der Waals surface area contributed by atoms with Crippen molar-refractivity contribution in [3.05, 3.63) is 33.8 Å². The number of nitrogens with zero attached hydrogens (tertiary/aromatic N) is 2. The number of hydrogen-bond acceptors (Lipinski definition) is 6. The zero-order valence-corrected chi connectivity index (χ0v) is 17.3. The van der Waals surface area contributed by atoms with E-state index in [-0.39, 0.29) is 0 Å². The number of aliphatic imine (C=N–C) groups is 1. The summed E-state index contributed by atoms with van der Waals surface area (Å²) in [7, 11) is 6.21. The molecule has 29 heavy (non-hydrogen) atoms. The molecule has 0 unspecified atom stereocenters. The van der Waals surface area contributed by atoms with Crippen molar-refractivity contribution in [1.82, 2.24) is 15.6 Å². The van der Waals surface area contributed by atoms with Crippen molar-refractivity contribution in [2.45, 2.75) is 19.1 Å². The molecule has 0 saturated heterocycles. The summed E-state index contributed by atoms with van der Waals surface area (Å²) in [6.07, 6.45) is -4.07. The van der Waals surface area contributed by atoms with Crippen molar-refractivity contribution in [3.63, 3.8) is 0 Å². The fourth-order valence-electron chi connectivity index (χ4n) is 2.55. The van der Waals surface area contributed by atoms with E-state index >= 15 is 0 Å². The minimum atomic E-state index is -4.42. The first-order valence-electron chi connectivity index (χ1n) is 8.58. The van der Waals surface area contributed by atoms with Crippen molar-refractivity contribution in [1.29, 1.82) is 0 Å². The van der Waals surface area contributed by atoms with Gasteiger partial charge in [-0.05, 0) is 12.1 Å². The van der Waals surface area contributed by atoms with Crippen LogP contribution < -0.4 is 24.8 Å². The molecule has 0 fully saturated rings. The summed E-state index contributed by atoms with van der Waals surface area (Å²) in [5.41, 5.74) is -0.0385. The maximum atomic E-state index is 12.6. The Kier molecular flexibility index (Phi) is 7.94. The molecule has 0 aliphatic rings. The van der Waals surface area contributed by atoms with Gasteiger partial charge in [-0.25, -0.2) is 4.98 Å². The quantitative estimate of drug-likeness (QED) is 0.493. The predicted molar refractivity (Wildman–Crippen MR) is 105 cm³/mol. The lowest BCUT2D eigenvalue weighted by molar-refractivity contribution is -0.140. The third-order valence-electron chi connectivity index (χ3n) is 3.93. The Morgan fingerprint density at radius 3 is 2.38 bits per heavy atom. The van der Waals surface area contributed by atoms with Crippen LogP contribution in [-0.2, 0) is 19.1 Å². The third kappa shape index (κ3) is 5.89. The molecule has 0 atom stereocenters. The van der Waals surface area contributed by atoms with Crippen molar-refractivity contribution in [2.75, 3.05) is 34.9 Å². The lowest BCUT2D eigenvalue weighted by Crippen LogP contribution is -2.37. The van der Waals surface area contributed by atoms with Gasteiger partial charge >= 0.3 is 6.18 Å². The molecule has 11 heteroatoms. The van der Waals surface area contributed by atoms with E-state index in [1.54, 1.807) is 20.2 Å². The second-order valence-electron chi connectivity index (χ2n) is 5.72. The predicted octanol–water partition coefficient (Wildman–Crippen LogP) is 3.10. The van der Waals surface area contributed by atoms with Crippen LogP contribution in [0.15, 0.2) is 22.5 Å². The van der Waals surface area contributed by atoms with Crippen LogP contribution in [-0.4, -0.2) is 45.9 Å². The summed E-state index contributed by atoms with van der Waals surface area (Å²) in [6, 6.07) is 3.62. The molecule has 0 spiro atoms. The molecule has 0 radical (unpaired) electrons. The maximum absolute atomic E-state index is 12.6. The molecule has 0 bridgehead atoms. The molecule has 0 saturated carbocycles. The molecule has 2 aromatic rings. The smallest absolute Gasteiger partial charge is 0.434 e. The number of rotatable bonds is 8. The van der Waals surface area contributed by atoms with Crippen LogP contribution in [0.2, 0.25) is 0 Å². The van der Waals surface area contributed by atoms with Gasteiger partial charge in [0.25, 0.3) is 0 Å². The van der Waals surface area contributed by atoms with E-state index in [9.17, 15) is 13.2 Å². The number of guanidine groups is 1. The number of methoxy groups -OCH3 is 3. The molecule has 0 aliphatic carbocycles. The molecule has 2 rings (SSSR count). The second kappa shape index (κ2) is 10.2. The minimum Gasteiger partial charge on any atom is -0.493 e. The molecule has 0 aliphatic heterocycles. The second-order valence-corrected chi connectivity index (χ2v) is 6.66. The largest absolute Gasteiger partial charge is 0.493 e. The summed E-state index contributed by atoms with van der Waals surface area (Å²) in [5, 5.41) is 7.61. The number of nitrogens with one attached hydrogen (secondary N) is 2. The number of thiazole rings is 1. The normalized spacial score (nSPS) is 11.9. The molecule has 0 amide bonds. The van der Waals surface area contributed by atoms with Crippen LogP contribution in [0.25, 0.3) is 0 Å². The number of aromatic nitrogens is 1. The van der Waals surface area contributed by atoms with Gasteiger partial charge in [-0.3, -0.25) is 4.99 Å². The van der Waals surface area contributed by atoms with E-state index in [1.807, 2.05) is 6.07 Å². The van der Waals surface area contributed by atoms with Gasteiger partial charge in [0, 0.05) is 37.5 Å². The van der Waals surface area contributed by atoms with Crippen LogP contribution in [0.3, 0.4) is 0 Å². The van der Waals surface area contributed by atoms with Crippen LogP contribution in [0.4, 0.5) is 13.2 Å². The monoisotopic (exact) mass is 432 g/mol. The van der Waals surface area contributed by atoms with Gasteiger partial charge in [0.15, 0.2) is 23.2 Å². The summed E-state index contributed by atoms with van der Waals surface area (Å²) in [5.74, 6) is 2.07. The highest BCUT2D eigenvalue weighted by Crippen LogP contribution is 2.39. The molecule has 1 heterocycles. The van der Waals surface area contributed by atoms with E-state index in [4.69, 9.17) is 14.2 Å². The van der Waals surface area contributed by atoms with Crippen LogP contribution in [0, 0.1) is 0 Å². The van der Waals surface area contributed by atoms with E-state index < -0.39 is 11.9 Å². The van der Waals surface area contributed by atoms with Gasteiger partial charge in [-0.2, -0.15) is 13.2 Å². The summed E-state index contributed by atoms with van der Waals surface area (Å²) < 4.78 is 53.9. The molecule has 1 aromatic carbocycles. The first-order valence-corrected chi connectivity index (χ1v) is 9.46. The average Bonchev–Trinajstić information content (AvgIpc) is 3.19. The van der Waals surface area contributed by atoms with Gasteiger partial charge < -0.3 is 24.8 Å². The SMILES string of the molecule is CN=C(NCCc1nc(C(F)(F)F)cs1)NCc1ccc(OC)c(OC)c1OC. The number of benzene rings is 1.